The number of Topliss-reactive ketones (excluding diaryl/α,β-unsaturated/α-hetero) is 1. The summed E-state index contributed by atoms with van der Waals surface area (Å²) >= 11 is 0. The third-order valence-corrected chi connectivity index (χ3v) is 3.43. The maximum absolute atomic E-state index is 12.6. The highest BCUT2D eigenvalue weighted by Gasteiger charge is 2.29. The third-order valence-electron chi connectivity index (χ3n) is 3.43. The highest BCUT2D eigenvalue weighted by molar-refractivity contribution is 6.00. The molecule has 0 saturated carbocycles. The van der Waals surface area contributed by atoms with Gasteiger partial charge in [-0.2, -0.15) is 0 Å². The Morgan fingerprint density at radius 1 is 1.19 bits per heavy atom. The van der Waals surface area contributed by atoms with E-state index in [4.69, 9.17) is 9.47 Å². The molecular weight excluding hydrogens is 264 g/mol. The number of carbonyl (C=O) groups excluding carboxylic acids is 1. The Labute approximate surface area is 124 Å². The van der Waals surface area contributed by atoms with Crippen LogP contribution < -0.4 is 9.47 Å². The van der Waals surface area contributed by atoms with Gasteiger partial charge in [0.25, 0.3) is 0 Å². The summed E-state index contributed by atoms with van der Waals surface area (Å²) in [5, 5.41) is 0. The zero-order chi connectivity index (χ0) is 14.8. The van der Waals surface area contributed by atoms with Gasteiger partial charge in [-0.25, -0.2) is 0 Å². The molecule has 21 heavy (non-hydrogen) atoms. The molecule has 2 aromatic rings. The first kappa shape index (κ1) is 13.7. The molecular formula is C18H18O3. The van der Waals surface area contributed by atoms with Crippen LogP contribution in [0.4, 0.5) is 0 Å². The molecule has 1 atom stereocenters. The van der Waals surface area contributed by atoms with E-state index >= 15 is 0 Å². The van der Waals surface area contributed by atoms with E-state index in [1.807, 2.05) is 56.3 Å². The summed E-state index contributed by atoms with van der Waals surface area (Å²) in [7, 11) is 0. The van der Waals surface area contributed by atoms with Gasteiger partial charge in [0, 0.05) is 12.0 Å². The fourth-order valence-corrected chi connectivity index (χ4v) is 2.51. The van der Waals surface area contributed by atoms with Crippen molar-refractivity contribution in [3.05, 3.63) is 59.7 Å². The molecule has 0 radical (unpaired) electrons. The molecule has 3 rings (SSSR count). The smallest absolute Gasteiger partial charge is 0.203 e. The molecule has 1 aliphatic rings. The number of fused-ring (bicyclic) bond motifs is 1. The van der Waals surface area contributed by atoms with Gasteiger partial charge in [0.2, 0.25) is 5.78 Å². The summed E-state index contributed by atoms with van der Waals surface area (Å²) in [6.07, 6.45) is 0.281. The van der Waals surface area contributed by atoms with E-state index in [2.05, 4.69) is 0 Å². The van der Waals surface area contributed by atoms with Crippen molar-refractivity contribution in [2.75, 3.05) is 0 Å². The van der Waals surface area contributed by atoms with Gasteiger partial charge in [0.1, 0.15) is 11.5 Å². The normalized spacial score (nSPS) is 16.4. The monoisotopic (exact) mass is 282 g/mol. The SMILES string of the molecule is CC(C)Oc1cccc(C(=O)C2Cc3ccccc3O2)c1. The number of para-hydroxylation sites is 1. The molecule has 0 bridgehead atoms. The lowest BCUT2D eigenvalue weighted by Crippen LogP contribution is -2.25. The molecule has 0 spiro atoms. The molecule has 0 amide bonds. The first-order valence-corrected chi connectivity index (χ1v) is 7.19. The van der Waals surface area contributed by atoms with E-state index in [0.29, 0.717) is 17.7 Å². The van der Waals surface area contributed by atoms with Crippen LogP contribution in [0.5, 0.6) is 11.5 Å². The van der Waals surface area contributed by atoms with Crippen LogP contribution in [0.2, 0.25) is 0 Å². The summed E-state index contributed by atoms with van der Waals surface area (Å²) in [6, 6.07) is 15.1. The van der Waals surface area contributed by atoms with Crippen molar-refractivity contribution >= 4 is 5.78 Å². The second kappa shape index (κ2) is 5.60. The molecule has 0 fully saturated rings. The molecule has 0 aliphatic carbocycles. The molecule has 2 aromatic carbocycles. The fraction of sp³-hybridized carbons (Fsp3) is 0.278. The molecule has 1 aliphatic heterocycles. The Kier molecular flexibility index (Phi) is 3.65. The lowest BCUT2D eigenvalue weighted by Gasteiger charge is -2.12. The summed E-state index contributed by atoms with van der Waals surface area (Å²) in [5.74, 6) is 1.53. The van der Waals surface area contributed by atoms with Crippen molar-refractivity contribution in [2.24, 2.45) is 0 Å². The predicted octanol–water partition coefficient (Wildman–Crippen LogP) is 3.66. The van der Waals surface area contributed by atoms with Gasteiger partial charge >= 0.3 is 0 Å². The minimum atomic E-state index is -0.434. The third kappa shape index (κ3) is 2.92. The van der Waals surface area contributed by atoms with Crippen LogP contribution in [0, 0.1) is 0 Å². The molecule has 0 saturated heterocycles. The number of ether oxygens (including phenoxy) is 2. The standard InChI is InChI=1S/C18H18O3/c1-12(2)20-15-8-5-7-14(10-15)18(19)17-11-13-6-3-4-9-16(13)21-17/h3-10,12,17H,11H2,1-2H3. The van der Waals surface area contributed by atoms with Gasteiger partial charge < -0.3 is 9.47 Å². The van der Waals surface area contributed by atoms with Gasteiger partial charge in [-0.1, -0.05) is 30.3 Å². The number of benzene rings is 2. The van der Waals surface area contributed by atoms with Crippen LogP contribution in [-0.4, -0.2) is 18.0 Å². The average molecular weight is 282 g/mol. The number of carbonyl (C=O) groups is 1. The molecule has 108 valence electrons. The van der Waals surface area contributed by atoms with Gasteiger partial charge in [-0.15, -0.1) is 0 Å². The minimum Gasteiger partial charge on any atom is -0.491 e. The van der Waals surface area contributed by atoms with Gasteiger partial charge in [0.05, 0.1) is 6.10 Å². The minimum absolute atomic E-state index is 0.000376. The van der Waals surface area contributed by atoms with Gasteiger partial charge in [-0.05, 0) is 37.6 Å². The summed E-state index contributed by atoms with van der Waals surface area (Å²) in [5.41, 5.74) is 1.72. The maximum atomic E-state index is 12.6. The van der Waals surface area contributed by atoms with Crippen molar-refractivity contribution < 1.29 is 14.3 Å². The molecule has 1 heterocycles. The summed E-state index contributed by atoms with van der Waals surface area (Å²) in [4.78, 5) is 12.6. The largest absolute Gasteiger partial charge is 0.491 e. The fourth-order valence-electron chi connectivity index (χ4n) is 2.51. The summed E-state index contributed by atoms with van der Waals surface area (Å²) < 4.78 is 11.4. The van der Waals surface area contributed by atoms with Crippen LogP contribution in [0.25, 0.3) is 0 Å². The Morgan fingerprint density at radius 2 is 2.00 bits per heavy atom. The van der Waals surface area contributed by atoms with E-state index in [-0.39, 0.29) is 11.9 Å². The topological polar surface area (TPSA) is 35.5 Å². The van der Waals surface area contributed by atoms with E-state index in [9.17, 15) is 4.79 Å². The molecule has 3 heteroatoms. The lowest BCUT2D eigenvalue weighted by atomic mass is 10.0. The number of hydrogen-bond acceptors (Lipinski definition) is 3. The van der Waals surface area contributed by atoms with Crippen molar-refractivity contribution in [1.29, 1.82) is 0 Å². The molecule has 0 aromatic heterocycles. The van der Waals surface area contributed by atoms with E-state index in [0.717, 1.165) is 11.3 Å². The molecule has 3 nitrogen and oxygen atoms in total. The first-order chi connectivity index (χ1) is 10.1. The second-order valence-corrected chi connectivity index (χ2v) is 5.48. The highest BCUT2D eigenvalue weighted by atomic mass is 16.5. The number of rotatable bonds is 4. The van der Waals surface area contributed by atoms with E-state index < -0.39 is 6.10 Å². The van der Waals surface area contributed by atoms with Gasteiger partial charge in [-0.3, -0.25) is 4.79 Å². The van der Waals surface area contributed by atoms with Crippen LogP contribution in [0.3, 0.4) is 0 Å². The van der Waals surface area contributed by atoms with Crippen LogP contribution in [0.15, 0.2) is 48.5 Å². The predicted molar refractivity (Wildman–Crippen MR) is 81.1 cm³/mol. The highest BCUT2D eigenvalue weighted by Crippen LogP contribution is 2.30. The number of ketones is 1. The Hall–Kier alpha value is -2.29. The van der Waals surface area contributed by atoms with E-state index in [1.165, 1.54) is 0 Å². The lowest BCUT2D eigenvalue weighted by molar-refractivity contribution is 0.0824. The zero-order valence-electron chi connectivity index (χ0n) is 12.2. The Bertz CT molecular complexity index is 636. The van der Waals surface area contributed by atoms with Crippen molar-refractivity contribution in [1.82, 2.24) is 0 Å². The zero-order valence-corrected chi connectivity index (χ0v) is 12.2. The van der Waals surface area contributed by atoms with Gasteiger partial charge in [0.15, 0.2) is 6.10 Å². The summed E-state index contributed by atoms with van der Waals surface area (Å²) in [6.45, 7) is 3.93. The number of hydrogen-bond donors (Lipinski definition) is 0. The Morgan fingerprint density at radius 3 is 2.76 bits per heavy atom. The first-order valence-electron chi connectivity index (χ1n) is 7.19. The van der Waals surface area contributed by atoms with Crippen LogP contribution in [0.1, 0.15) is 29.8 Å². The van der Waals surface area contributed by atoms with Crippen molar-refractivity contribution in [3.63, 3.8) is 0 Å². The van der Waals surface area contributed by atoms with E-state index in [1.54, 1.807) is 6.07 Å². The van der Waals surface area contributed by atoms with Crippen molar-refractivity contribution in [2.45, 2.75) is 32.5 Å². The average Bonchev–Trinajstić information content (AvgIpc) is 2.90. The maximum Gasteiger partial charge on any atom is 0.203 e. The second-order valence-electron chi connectivity index (χ2n) is 5.48. The Balaban J connectivity index is 1.78. The van der Waals surface area contributed by atoms with Crippen molar-refractivity contribution in [3.8, 4) is 11.5 Å². The van der Waals surface area contributed by atoms with Crippen LogP contribution in [-0.2, 0) is 6.42 Å². The quantitative estimate of drug-likeness (QED) is 0.803. The molecule has 1 unspecified atom stereocenters. The van der Waals surface area contributed by atoms with Crippen LogP contribution >= 0.6 is 0 Å². The molecule has 0 N–H and O–H groups in total.